The highest BCUT2D eigenvalue weighted by Crippen LogP contribution is 2.26. The van der Waals surface area contributed by atoms with Crippen molar-refractivity contribution in [2.45, 2.75) is 0 Å². The summed E-state index contributed by atoms with van der Waals surface area (Å²) in [5.41, 5.74) is -1.17. The zero-order chi connectivity index (χ0) is 14.3. The molecule has 0 bridgehead atoms. The minimum absolute atomic E-state index is 0. The SMILES string of the molecule is O=c1[nH]c2cc(-n3ccnc3)c([N+](=O)[O-])cc2[nH]c1=O.[Cl-].[H+]. The highest BCUT2D eigenvalue weighted by Gasteiger charge is 2.17. The summed E-state index contributed by atoms with van der Waals surface area (Å²) in [5, 5.41) is 11.1. The summed E-state index contributed by atoms with van der Waals surface area (Å²) in [5.74, 6) is 0. The summed E-state index contributed by atoms with van der Waals surface area (Å²) in [6.07, 6.45) is 4.42. The third-order valence-corrected chi connectivity index (χ3v) is 2.80. The molecular formula is C11H8ClN5O4. The number of fused-ring (bicyclic) bond motifs is 1. The molecule has 0 saturated heterocycles. The number of nitrogens with one attached hydrogen (secondary N) is 2. The number of aromatic amines is 2. The number of hydrogen-bond donors (Lipinski definition) is 2. The van der Waals surface area contributed by atoms with Gasteiger partial charge >= 0.3 is 12.5 Å². The molecule has 108 valence electrons. The van der Waals surface area contributed by atoms with E-state index in [2.05, 4.69) is 15.0 Å². The van der Waals surface area contributed by atoms with Gasteiger partial charge in [-0.05, 0) is 6.07 Å². The van der Waals surface area contributed by atoms with E-state index in [9.17, 15) is 19.7 Å². The molecule has 21 heavy (non-hydrogen) atoms. The normalized spacial score (nSPS) is 10.3. The predicted octanol–water partition coefficient (Wildman–Crippen LogP) is -2.57. The van der Waals surface area contributed by atoms with Crippen LogP contribution in [-0.4, -0.2) is 24.4 Å². The van der Waals surface area contributed by atoms with Crippen LogP contribution in [0.2, 0.25) is 0 Å². The van der Waals surface area contributed by atoms with E-state index in [0.29, 0.717) is 5.52 Å². The van der Waals surface area contributed by atoms with Gasteiger partial charge in [-0.1, -0.05) is 0 Å². The van der Waals surface area contributed by atoms with Crippen LogP contribution in [0.3, 0.4) is 0 Å². The van der Waals surface area contributed by atoms with Gasteiger partial charge in [0.05, 0.1) is 22.3 Å². The zero-order valence-electron chi connectivity index (χ0n) is 11.2. The molecular weight excluding hydrogens is 302 g/mol. The van der Waals surface area contributed by atoms with Crippen LogP contribution in [0.15, 0.2) is 40.4 Å². The molecule has 3 aromatic rings. The number of aromatic nitrogens is 4. The van der Waals surface area contributed by atoms with Crippen molar-refractivity contribution in [2.75, 3.05) is 0 Å². The van der Waals surface area contributed by atoms with Gasteiger partial charge in [-0.25, -0.2) is 4.98 Å². The van der Waals surface area contributed by atoms with Gasteiger partial charge in [0.25, 0.3) is 5.69 Å². The Morgan fingerprint density at radius 3 is 2.33 bits per heavy atom. The molecule has 0 amide bonds. The Hall–Kier alpha value is -2.94. The average Bonchev–Trinajstić information content (AvgIpc) is 2.92. The third kappa shape index (κ3) is 2.41. The Kier molecular flexibility index (Phi) is 3.59. The first-order valence-corrected chi connectivity index (χ1v) is 5.49. The lowest BCUT2D eigenvalue weighted by Gasteiger charge is -2.05. The van der Waals surface area contributed by atoms with Crippen molar-refractivity contribution in [3.8, 4) is 5.69 Å². The molecule has 0 aliphatic rings. The van der Waals surface area contributed by atoms with Crippen LogP contribution in [0.5, 0.6) is 0 Å². The first kappa shape index (κ1) is 14.5. The van der Waals surface area contributed by atoms with Crippen LogP contribution in [0.4, 0.5) is 5.69 Å². The second kappa shape index (κ2) is 5.21. The van der Waals surface area contributed by atoms with Crippen LogP contribution in [0.25, 0.3) is 16.7 Å². The second-order valence-corrected chi connectivity index (χ2v) is 4.02. The topological polar surface area (TPSA) is 127 Å². The van der Waals surface area contributed by atoms with Crippen molar-refractivity contribution in [2.24, 2.45) is 0 Å². The molecule has 2 N–H and O–H groups in total. The second-order valence-electron chi connectivity index (χ2n) is 4.02. The fraction of sp³-hybridized carbons (Fsp3) is 0. The summed E-state index contributed by atoms with van der Waals surface area (Å²) in [6, 6.07) is 2.61. The molecule has 0 fully saturated rings. The predicted molar refractivity (Wildman–Crippen MR) is 70.1 cm³/mol. The van der Waals surface area contributed by atoms with E-state index < -0.39 is 16.0 Å². The van der Waals surface area contributed by atoms with Gasteiger partial charge in [0.1, 0.15) is 5.69 Å². The van der Waals surface area contributed by atoms with Gasteiger partial charge in [0.15, 0.2) is 0 Å². The van der Waals surface area contributed by atoms with E-state index in [1.807, 2.05) is 0 Å². The molecule has 2 heterocycles. The summed E-state index contributed by atoms with van der Waals surface area (Å²) < 4.78 is 1.45. The van der Waals surface area contributed by atoms with E-state index in [4.69, 9.17) is 0 Å². The lowest BCUT2D eigenvalue weighted by atomic mass is 10.2. The van der Waals surface area contributed by atoms with Crippen LogP contribution in [-0.2, 0) is 0 Å². The fourth-order valence-electron chi connectivity index (χ4n) is 1.90. The van der Waals surface area contributed by atoms with Crippen molar-refractivity contribution in [3.05, 3.63) is 61.7 Å². The quantitative estimate of drug-likeness (QED) is 0.305. The maximum Gasteiger partial charge on any atom is 1.00 e. The molecule has 3 rings (SSSR count). The molecule has 1 aromatic carbocycles. The molecule has 0 aliphatic heterocycles. The van der Waals surface area contributed by atoms with Gasteiger partial charge < -0.3 is 26.9 Å². The number of benzene rings is 1. The Bertz CT molecular complexity index is 934. The monoisotopic (exact) mass is 309 g/mol. The summed E-state index contributed by atoms with van der Waals surface area (Å²) in [4.78, 5) is 41.6. The minimum Gasteiger partial charge on any atom is -1.00 e. The van der Waals surface area contributed by atoms with Crippen LogP contribution < -0.4 is 23.5 Å². The van der Waals surface area contributed by atoms with E-state index in [1.165, 1.54) is 35.4 Å². The first-order valence-electron chi connectivity index (χ1n) is 5.49. The standard InChI is InChI=1S/C11H7N5O4.ClH/c17-10-11(18)14-7-4-9(16(19)20)8(3-6(7)13-10)15-2-1-12-5-15;/h1-5H,(H,13,17)(H,14,18);1H. The molecule has 9 nitrogen and oxygen atoms in total. The van der Waals surface area contributed by atoms with Gasteiger partial charge in [0, 0.05) is 18.5 Å². The van der Waals surface area contributed by atoms with E-state index in [1.54, 1.807) is 0 Å². The maximum absolute atomic E-state index is 11.3. The smallest absolute Gasteiger partial charge is 1.00 e. The van der Waals surface area contributed by atoms with Crippen LogP contribution in [0, 0.1) is 10.1 Å². The van der Waals surface area contributed by atoms with Crippen molar-refractivity contribution in [1.29, 1.82) is 0 Å². The fourth-order valence-corrected chi connectivity index (χ4v) is 1.90. The minimum atomic E-state index is -0.859. The van der Waals surface area contributed by atoms with Gasteiger partial charge in [0.2, 0.25) is 0 Å². The Balaban J connectivity index is 0.00000121. The van der Waals surface area contributed by atoms with Crippen LogP contribution in [0.1, 0.15) is 1.43 Å². The maximum atomic E-state index is 11.3. The molecule has 0 saturated carbocycles. The van der Waals surface area contributed by atoms with E-state index >= 15 is 0 Å². The largest absolute Gasteiger partial charge is 1.00 e. The van der Waals surface area contributed by atoms with Gasteiger partial charge in [-0.2, -0.15) is 0 Å². The van der Waals surface area contributed by atoms with Crippen molar-refractivity contribution in [3.63, 3.8) is 0 Å². The number of nitro benzene ring substituents is 1. The van der Waals surface area contributed by atoms with Crippen molar-refractivity contribution in [1.82, 2.24) is 19.5 Å². The number of halogens is 1. The first-order chi connectivity index (χ1) is 9.56. The molecule has 0 spiro atoms. The number of H-pyrrole nitrogens is 2. The number of hydrogen-bond acceptors (Lipinski definition) is 5. The van der Waals surface area contributed by atoms with E-state index in [-0.39, 0.29) is 30.7 Å². The van der Waals surface area contributed by atoms with Crippen molar-refractivity contribution < 1.29 is 18.8 Å². The third-order valence-electron chi connectivity index (χ3n) is 2.80. The number of nitrogens with zero attached hydrogens (tertiary/aromatic N) is 3. The molecule has 0 atom stereocenters. The molecule has 0 unspecified atom stereocenters. The lowest BCUT2D eigenvalue weighted by Crippen LogP contribution is -3.00. The molecule has 0 aliphatic carbocycles. The number of rotatable bonds is 2. The highest BCUT2D eigenvalue weighted by molar-refractivity contribution is 5.81. The Morgan fingerprint density at radius 1 is 1.19 bits per heavy atom. The molecule has 2 aromatic heterocycles. The van der Waals surface area contributed by atoms with Crippen LogP contribution >= 0.6 is 0 Å². The van der Waals surface area contributed by atoms with Gasteiger partial charge in [-0.15, -0.1) is 0 Å². The summed E-state index contributed by atoms with van der Waals surface area (Å²) in [6.45, 7) is 0. The van der Waals surface area contributed by atoms with E-state index in [0.717, 1.165) is 0 Å². The Labute approximate surface area is 123 Å². The molecule has 10 heteroatoms. The highest BCUT2D eigenvalue weighted by atomic mass is 35.5. The summed E-state index contributed by atoms with van der Waals surface area (Å²) >= 11 is 0. The average molecular weight is 310 g/mol. The Morgan fingerprint density at radius 2 is 1.81 bits per heavy atom. The lowest BCUT2D eigenvalue weighted by molar-refractivity contribution is -0.384. The number of imidazole rings is 1. The van der Waals surface area contributed by atoms with Crippen molar-refractivity contribution >= 4 is 16.7 Å². The number of nitro groups is 1. The van der Waals surface area contributed by atoms with Gasteiger partial charge in [-0.3, -0.25) is 19.7 Å². The zero-order valence-corrected chi connectivity index (χ0v) is 11.0. The summed E-state index contributed by atoms with van der Waals surface area (Å²) in [7, 11) is 0. The molecule has 0 radical (unpaired) electrons.